The quantitative estimate of drug-likeness (QED) is 0.846. The van der Waals surface area contributed by atoms with Gasteiger partial charge < -0.3 is 19.8 Å². The fourth-order valence-corrected chi connectivity index (χ4v) is 1.78. The minimum Gasteiger partial charge on any atom is -0.467 e. The van der Waals surface area contributed by atoms with Crippen LogP contribution in [-0.2, 0) is 11.3 Å². The predicted octanol–water partition coefficient (Wildman–Crippen LogP) is 2.01. The molecular weight excluding hydrogens is 260 g/mol. The Bertz CT molecular complexity index is 536. The number of carbonyl (C=O) groups excluding carboxylic acids is 1. The van der Waals surface area contributed by atoms with E-state index >= 15 is 0 Å². The van der Waals surface area contributed by atoms with E-state index in [9.17, 15) is 4.79 Å². The molecule has 2 aromatic rings. The zero-order chi connectivity index (χ0) is 14.4. The van der Waals surface area contributed by atoms with E-state index in [0.717, 1.165) is 6.54 Å². The first kappa shape index (κ1) is 14.1. The van der Waals surface area contributed by atoms with Crippen LogP contribution in [0.1, 0.15) is 18.7 Å². The van der Waals surface area contributed by atoms with Gasteiger partial charge in [-0.3, -0.25) is 4.68 Å². The van der Waals surface area contributed by atoms with Crippen molar-refractivity contribution in [3.63, 3.8) is 0 Å². The number of hydrogen-bond acceptors (Lipinski definition) is 4. The second-order valence-electron chi connectivity index (χ2n) is 4.21. The molecule has 0 aliphatic carbocycles. The van der Waals surface area contributed by atoms with Crippen LogP contribution in [0.25, 0.3) is 0 Å². The molecule has 7 nitrogen and oxygen atoms in total. The predicted molar refractivity (Wildman–Crippen MR) is 73.4 cm³/mol. The van der Waals surface area contributed by atoms with Crippen LogP contribution in [-0.4, -0.2) is 29.5 Å². The maximum absolute atomic E-state index is 11.9. The van der Waals surface area contributed by atoms with Gasteiger partial charge >= 0.3 is 6.03 Å². The van der Waals surface area contributed by atoms with Gasteiger partial charge in [0.25, 0.3) is 0 Å². The fraction of sp³-hybridized carbons (Fsp3) is 0.385. The van der Waals surface area contributed by atoms with Crippen LogP contribution in [0, 0.1) is 0 Å². The summed E-state index contributed by atoms with van der Waals surface area (Å²) < 4.78 is 12.1. The Labute approximate surface area is 116 Å². The number of aryl methyl sites for hydroxylation is 1. The molecule has 2 rings (SSSR count). The van der Waals surface area contributed by atoms with Crippen LogP contribution in [0.15, 0.2) is 35.2 Å². The van der Waals surface area contributed by atoms with Gasteiger partial charge in [0.1, 0.15) is 11.8 Å². The molecule has 20 heavy (non-hydrogen) atoms. The number of carbonyl (C=O) groups is 1. The van der Waals surface area contributed by atoms with Gasteiger partial charge in [0.05, 0.1) is 24.8 Å². The summed E-state index contributed by atoms with van der Waals surface area (Å²) in [4.78, 5) is 11.9. The molecule has 0 fully saturated rings. The number of amides is 2. The number of aromatic nitrogens is 2. The van der Waals surface area contributed by atoms with Gasteiger partial charge in [-0.25, -0.2) is 4.79 Å². The molecule has 0 aromatic carbocycles. The minimum absolute atomic E-state index is 0.329. The highest BCUT2D eigenvalue weighted by Crippen LogP contribution is 2.14. The Kier molecular flexibility index (Phi) is 4.78. The van der Waals surface area contributed by atoms with E-state index in [2.05, 4.69) is 15.7 Å². The van der Waals surface area contributed by atoms with Gasteiger partial charge in [-0.1, -0.05) is 0 Å². The van der Waals surface area contributed by atoms with E-state index in [0.29, 0.717) is 18.1 Å². The highest BCUT2D eigenvalue weighted by atomic mass is 16.5. The second kappa shape index (κ2) is 6.76. The molecule has 0 saturated carbocycles. The van der Waals surface area contributed by atoms with Gasteiger partial charge in [0.2, 0.25) is 0 Å². The van der Waals surface area contributed by atoms with Crippen LogP contribution < -0.4 is 10.6 Å². The molecule has 108 valence electrons. The zero-order valence-corrected chi connectivity index (χ0v) is 11.5. The Hall–Kier alpha value is -2.28. The number of furan rings is 1. The summed E-state index contributed by atoms with van der Waals surface area (Å²) in [5.74, 6) is 0.645. The number of anilines is 1. The Morgan fingerprint density at radius 3 is 3.05 bits per heavy atom. The highest BCUT2D eigenvalue weighted by molar-refractivity contribution is 5.89. The van der Waals surface area contributed by atoms with Crippen molar-refractivity contribution in [2.24, 2.45) is 0 Å². The topological polar surface area (TPSA) is 81.3 Å². The monoisotopic (exact) mass is 278 g/mol. The van der Waals surface area contributed by atoms with Crippen LogP contribution in [0.2, 0.25) is 0 Å². The summed E-state index contributed by atoms with van der Waals surface area (Å²) in [7, 11) is 1.57. The van der Waals surface area contributed by atoms with Crippen molar-refractivity contribution in [2.45, 2.75) is 19.5 Å². The van der Waals surface area contributed by atoms with Crippen LogP contribution in [0.5, 0.6) is 0 Å². The van der Waals surface area contributed by atoms with E-state index < -0.39 is 0 Å². The second-order valence-corrected chi connectivity index (χ2v) is 4.21. The number of rotatable bonds is 6. The van der Waals surface area contributed by atoms with Crippen molar-refractivity contribution < 1.29 is 13.9 Å². The molecule has 0 aliphatic rings. The fourth-order valence-electron chi connectivity index (χ4n) is 1.78. The lowest BCUT2D eigenvalue weighted by atomic mass is 10.2. The standard InChI is InChI=1S/C13H18N4O3/c1-3-17-8-10(7-14-17)15-13(18)16-11(9-19-2)12-5-4-6-20-12/h4-8,11H,3,9H2,1-2H3,(H2,15,16,18). The smallest absolute Gasteiger partial charge is 0.320 e. The molecule has 0 spiro atoms. The maximum Gasteiger partial charge on any atom is 0.320 e. The molecule has 2 amide bonds. The van der Waals surface area contributed by atoms with Gasteiger partial charge in [-0.2, -0.15) is 5.10 Å². The van der Waals surface area contributed by atoms with Crippen molar-refractivity contribution in [2.75, 3.05) is 19.0 Å². The zero-order valence-electron chi connectivity index (χ0n) is 11.5. The Morgan fingerprint density at radius 2 is 2.45 bits per heavy atom. The lowest BCUT2D eigenvalue weighted by Gasteiger charge is -2.15. The molecule has 0 bridgehead atoms. The summed E-state index contributed by atoms with van der Waals surface area (Å²) in [6.07, 6.45) is 4.92. The third kappa shape index (κ3) is 3.61. The van der Waals surface area contributed by atoms with Crippen LogP contribution >= 0.6 is 0 Å². The van der Waals surface area contributed by atoms with E-state index in [1.54, 1.807) is 42.6 Å². The molecule has 2 aromatic heterocycles. The van der Waals surface area contributed by atoms with Gasteiger partial charge in [-0.05, 0) is 19.1 Å². The Balaban J connectivity index is 1.94. The first-order chi connectivity index (χ1) is 9.72. The molecule has 1 unspecified atom stereocenters. The number of urea groups is 1. The van der Waals surface area contributed by atoms with E-state index in [4.69, 9.17) is 9.15 Å². The third-order valence-electron chi connectivity index (χ3n) is 2.74. The summed E-state index contributed by atoms with van der Waals surface area (Å²) in [5.41, 5.74) is 0.639. The van der Waals surface area contributed by atoms with Crippen molar-refractivity contribution in [1.29, 1.82) is 0 Å². The Morgan fingerprint density at radius 1 is 1.60 bits per heavy atom. The van der Waals surface area contributed by atoms with Crippen LogP contribution in [0.4, 0.5) is 10.5 Å². The van der Waals surface area contributed by atoms with E-state index in [1.165, 1.54) is 0 Å². The SMILES string of the molecule is CCn1cc(NC(=O)NC(COC)c2ccco2)cn1. The van der Waals surface area contributed by atoms with Gasteiger partial charge in [0.15, 0.2) is 0 Å². The average Bonchev–Trinajstić information content (AvgIpc) is 3.09. The molecule has 1 atom stereocenters. The summed E-state index contributed by atoms with van der Waals surface area (Å²) in [5, 5.41) is 9.59. The molecule has 2 N–H and O–H groups in total. The number of nitrogens with one attached hydrogen (secondary N) is 2. The van der Waals surface area contributed by atoms with Crippen molar-refractivity contribution in [3.8, 4) is 0 Å². The summed E-state index contributed by atoms with van der Waals surface area (Å²) in [6, 6.07) is 2.89. The lowest BCUT2D eigenvalue weighted by molar-refractivity contribution is 0.159. The molecule has 0 aliphatic heterocycles. The third-order valence-corrected chi connectivity index (χ3v) is 2.74. The first-order valence-corrected chi connectivity index (χ1v) is 6.35. The molecule has 0 saturated heterocycles. The lowest BCUT2D eigenvalue weighted by Crippen LogP contribution is -2.34. The van der Waals surface area contributed by atoms with Gasteiger partial charge in [-0.15, -0.1) is 0 Å². The molecule has 7 heteroatoms. The summed E-state index contributed by atoms with van der Waals surface area (Å²) >= 11 is 0. The minimum atomic E-state index is -0.337. The number of methoxy groups -OCH3 is 1. The number of nitrogens with zero attached hydrogens (tertiary/aromatic N) is 2. The van der Waals surface area contributed by atoms with Gasteiger partial charge in [0, 0.05) is 19.9 Å². The average molecular weight is 278 g/mol. The van der Waals surface area contributed by atoms with E-state index in [-0.39, 0.29) is 12.1 Å². The van der Waals surface area contributed by atoms with Crippen molar-refractivity contribution >= 4 is 11.7 Å². The molecular formula is C13H18N4O3. The molecule has 0 radical (unpaired) electrons. The first-order valence-electron chi connectivity index (χ1n) is 6.35. The largest absolute Gasteiger partial charge is 0.467 e. The maximum atomic E-state index is 11.9. The highest BCUT2D eigenvalue weighted by Gasteiger charge is 2.17. The van der Waals surface area contributed by atoms with Crippen LogP contribution in [0.3, 0.4) is 0 Å². The summed E-state index contributed by atoms with van der Waals surface area (Å²) in [6.45, 7) is 3.06. The number of ether oxygens (including phenoxy) is 1. The normalized spacial score (nSPS) is 12.1. The van der Waals surface area contributed by atoms with E-state index in [1.807, 2.05) is 6.92 Å². The van der Waals surface area contributed by atoms with Crippen molar-refractivity contribution in [3.05, 3.63) is 36.5 Å². The van der Waals surface area contributed by atoms with Crippen molar-refractivity contribution in [1.82, 2.24) is 15.1 Å². The molecule has 2 heterocycles. The number of hydrogen-bond donors (Lipinski definition) is 2.